The van der Waals surface area contributed by atoms with Crippen molar-refractivity contribution in [3.05, 3.63) is 23.5 Å². The lowest BCUT2D eigenvalue weighted by Gasteiger charge is -2.83. The third kappa shape index (κ3) is 2.34. The van der Waals surface area contributed by atoms with Crippen molar-refractivity contribution < 1.29 is 23.2 Å². The maximum absolute atomic E-state index is 15.3. The SMILES string of the molecule is COCOc1c(B2OC(C)(C)C(C)(C)O2)cc(F)cc1C12CC3(C)CC4(C)CC(C)(C1)C34C2. The van der Waals surface area contributed by atoms with Crippen LogP contribution in [0, 0.1) is 27.5 Å². The molecule has 1 spiro atoms. The molecule has 0 radical (unpaired) electrons. The van der Waals surface area contributed by atoms with E-state index in [0.29, 0.717) is 32.9 Å². The Morgan fingerprint density at radius 1 is 0.848 bits per heavy atom. The van der Waals surface area contributed by atoms with Gasteiger partial charge in [-0.2, -0.15) is 0 Å². The third-order valence-corrected chi connectivity index (χ3v) is 11.2. The van der Waals surface area contributed by atoms with E-state index < -0.39 is 18.3 Å². The summed E-state index contributed by atoms with van der Waals surface area (Å²) in [4.78, 5) is 0. The Hall–Kier alpha value is -1.11. The van der Waals surface area contributed by atoms with Gasteiger partial charge in [-0.05, 0) is 93.6 Å². The first-order valence-electron chi connectivity index (χ1n) is 12.5. The zero-order valence-corrected chi connectivity index (χ0v) is 21.5. The summed E-state index contributed by atoms with van der Waals surface area (Å²) in [5.41, 5.74) is 1.97. The monoisotopic (exact) mass is 456 g/mol. The summed E-state index contributed by atoms with van der Waals surface area (Å²) in [6.45, 7) is 15.6. The molecule has 6 heteroatoms. The first-order valence-corrected chi connectivity index (χ1v) is 12.5. The average Bonchev–Trinajstić information content (AvgIpc) is 3.17. The molecule has 1 aromatic rings. The second-order valence-corrected chi connectivity index (χ2v) is 13.8. The molecule has 1 saturated heterocycles. The Labute approximate surface area is 198 Å². The molecule has 1 aliphatic heterocycles. The zero-order valence-electron chi connectivity index (χ0n) is 21.5. The van der Waals surface area contributed by atoms with E-state index in [1.807, 2.05) is 27.7 Å². The van der Waals surface area contributed by atoms with E-state index in [2.05, 4.69) is 20.8 Å². The van der Waals surface area contributed by atoms with Gasteiger partial charge in [0.15, 0.2) is 6.79 Å². The van der Waals surface area contributed by atoms with Crippen LogP contribution in [0.5, 0.6) is 5.75 Å². The van der Waals surface area contributed by atoms with Gasteiger partial charge in [0.25, 0.3) is 0 Å². The van der Waals surface area contributed by atoms with Gasteiger partial charge in [0, 0.05) is 23.6 Å². The number of ether oxygens (including phenoxy) is 2. The van der Waals surface area contributed by atoms with Crippen molar-refractivity contribution in [2.75, 3.05) is 13.9 Å². The lowest BCUT2D eigenvalue weighted by Crippen LogP contribution is -2.76. The number of halogens is 1. The molecule has 0 aromatic heterocycles. The Morgan fingerprint density at radius 3 is 1.88 bits per heavy atom. The minimum Gasteiger partial charge on any atom is -0.468 e. The van der Waals surface area contributed by atoms with Crippen LogP contribution in [0.1, 0.15) is 86.1 Å². The van der Waals surface area contributed by atoms with Crippen molar-refractivity contribution in [2.45, 2.75) is 97.2 Å². The van der Waals surface area contributed by atoms with Crippen LogP contribution < -0.4 is 10.2 Å². The van der Waals surface area contributed by atoms with Gasteiger partial charge in [0.05, 0.1) is 11.2 Å². The van der Waals surface area contributed by atoms with Crippen molar-refractivity contribution in [2.24, 2.45) is 21.7 Å². The lowest BCUT2D eigenvalue weighted by atomic mass is 9.21. The van der Waals surface area contributed by atoms with Crippen LogP contribution in [-0.2, 0) is 19.5 Å². The number of fused-ring (bicyclic) bond motifs is 1. The summed E-state index contributed by atoms with van der Waals surface area (Å²) in [5, 5.41) is 0. The first-order chi connectivity index (χ1) is 15.2. The maximum atomic E-state index is 15.3. The van der Waals surface area contributed by atoms with Crippen molar-refractivity contribution >= 4 is 12.6 Å². The quantitative estimate of drug-likeness (QED) is 0.442. The Morgan fingerprint density at radius 2 is 1.39 bits per heavy atom. The van der Waals surface area contributed by atoms with Crippen LogP contribution in [0.2, 0.25) is 0 Å². The lowest BCUT2D eigenvalue weighted by molar-refractivity contribution is -0.345. The largest absolute Gasteiger partial charge is 0.498 e. The van der Waals surface area contributed by atoms with E-state index in [1.54, 1.807) is 13.2 Å². The molecule has 33 heavy (non-hydrogen) atoms. The van der Waals surface area contributed by atoms with E-state index >= 15 is 4.39 Å². The molecule has 4 saturated carbocycles. The van der Waals surface area contributed by atoms with Crippen LogP contribution in [-0.4, -0.2) is 32.2 Å². The van der Waals surface area contributed by atoms with Crippen LogP contribution in [0.15, 0.2) is 12.1 Å². The molecule has 2 atom stereocenters. The standard InChI is InChI=1S/C27H38BFO4/c1-21(2)22(3,4)33-28(32-21)19-10-17(29)9-18(20(19)31-16-30-8)26-13-24(6)11-23(5)12-25(7,14-26)27(23,24)15-26/h9-10H,11-16H2,1-8H3. The number of rotatable bonds is 5. The number of hydrogen-bond donors (Lipinski definition) is 0. The number of benzene rings is 1. The number of methoxy groups -OCH3 is 1. The molecule has 4 nitrogen and oxygen atoms in total. The van der Waals surface area contributed by atoms with Crippen LogP contribution in [0.3, 0.4) is 0 Å². The second-order valence-electron chi connectivity index (χ2n) is 13.8. The second kappa shape index (κ2) is 5.99. The minimum absolute atomic E-state index is 0.0820. The van der Waals surface area contributed by atoms with Crippen molar-refractivity contribution in [3.63, 3.8) is 0 Å². The van der Waals surface area contributed by atoms with E-state index in [4.69, 9.17) is 18.8 Å². The first kappa shape index (κ1) is 22.4. The molecule has 0 amide bonds. The van der Waals surface area contributed by atoms with E-state index in [1.165, 1.54) is 18.9 Å². The molecule has 2 bridgehead atoms. The Balaban J connectivity index is 1.49. The number of hydrogen-bond acceptors (Lipinski definition) is 4. The molecule has 5 fully saturated rings. The third-order valence-electron chi connectivity index (χ3n) is 11.2. The topological polar surface area (TPSA) is 36.9 Å². The molecule has 2 unspecified atom stereocenters. The van der Waals surface area contributed by atoms with Crippen LogP contribution in [0.4, 0.5) is 4.39 Å². The maximum Gasteiger partial charge on any atom is 0.498 e. The molecular formula is C27H38BFO4. The molecule has 4 aliphatic carbocycles. The van der Waals surface area contributed by atoms with Crippen molar-refractivity contribution in [1.29, 1.82) is 0 Å². The van der Waals surface area contributed by atoms with Gasteiger partial charge in [-0.25, -0.2) is 4.39 Å². The minimum atomic E-state index is -0.682. The Kier molecular flexibility index (Phi) is 4.06. The van der Waals surface area contributed by atoms with Gasteiger partial charge in [-0.15, -0.1) is 0 Å². The molecule has 1 heterocycles. The van der Waals surface area contributed by atoms with E-state index in [0.717, 1.165) is 24.8 Å². The predicted octanol–water partition coefficient (Wildman–Crippen LogP) is 5.36. The van der Waals surface area contributed by atoms with Gasteiger partial charge in [0.2, 0.25) is 0 Å². The zero-order chi connectivity index (χ0) is 23.9. The van der Waals surface area contributed by atoms with Crippen molar-refractivity contribution in [1.82, 2.24) is 0 Å². The van der Waals surface area contributed by atoms with Gasteiger partial charge < -0.3 is 18.8 Å². The van der Waals surface area contributed by atoms with Gasteiger partial charge in [0.1, 0.15) is 11.6 Å². The highest BCUT2D eigenvalue weighted by molar-refractivity contribution is 6.63. The Bertz CT molecular complexity index is 1010. The van der Waals surface area contributed by atoms with E-state index in [-0.39, 0.29) is 18.0 Å². The fraction of sp³-hybridized carbons (Fsp3) is 0.778. The average molecular weight is 456 g/mol. The van der Waals surface area contributed by atoms with Gasteiger partial charge in [-0.1, -0.05) is 20.8 Å². The normalized spacial score (nSPS) is 45.5. The van der Waals surface area contributed by atoms with Gasteiger partial charge >= 0.3 is 7.12 Å². The van der Waals surface area contributed by atoms with Gasteiger partial charge in [-0.3, -0.25) is 0 Å². The summed E-state index contributed by atoms with van der Waals surface area (Å²) in [7, 11) is 0.937. The summed E-state index contributed by atoms with van der Waals surface area (Å²) >= 11 is 0. The van der Waals surface area contributed by atoms with Crippen molar-refractivity contribution in [3.8, 4) is 5.75 Å². The molecule has 1 aromatic carbocycles. The predicted molar refractivity (Wildman–Crippen MR) is 126 cm³/mol. The summed E-state index contributed by atoms with van der Waals surface area (Å²) in [6.07, 6.45) is 5.89. The fourth-order valence-electron chi connectivity index (χ4n) is 10.3. The molecule has 6 rings (SSSR count). The molecule has 180 valence electrons. The van der Waals surface area contributed by atoms with E-state index in [9.17, 15) is 0 Å². The summed E-state index contributed by atoms with van der Waals surface area (Å²) in [5.74, 6) is 0.451. The highest BCUT2D eigenvalue weighted by atomic mass is 19.1. The summed E-state index contributed by atoms with van der Waals surface area (Å²) in [6, 6.07) is 3.27. The molecular weight excluding hydrogens is 418 g/mol. The highest BCUT2D eigenvalue weighted by Gasteiger charge is 2.91. The molecule has 0 N–H and O–H groups in total. The van der Waals surface area contributed by atoms with Crippen LogP contribution in [0.25, 0.3) is 0 Å². The molecule has 5 aliphatic rings. The smallest absolute Gasteiger partial charge is 0.468 e. The fourth-order valence-corrected chi connectivity index (χ4v) is 10.3. The highest BCUT2D eigenvalue weighted by Crippen LogP contribution is 2.97. The van der Waals surface area contributed by atoms with Crippen LogP contribution >= 0.6 is 0 Å². The summed E-state index contributed by atoms with van der Waals surface area (Å²) < 4.78 is 39.6.